The van der Waals surface area contributed by atoms with Gasteiger partial charge in [0.15, 0.2) is 0 Å². The number of anilines is 1. The Morgan fingerprint density at radius 3 is 2.74 bits per heavy atom. The molecule has 1 amide bonds. The molecule has 0 spiro atoms. The molecule has 1 aliphatic heterocycles. The standard InChI is InChI=1S/C17H19N3O2S/c21-17(19-13-2-3-13)15-5-4-14(23-15)12-1-6-16(18-11-12)20-7-9-22-10-8-20/h1,4-6,11,13H,2-3,7-10H2,(H,19,21). The van der Waals surface area contributed by atoms with Gasteiger partial charge in [0.1, 0.15) is 5.82 Å². The van der Waals surface area contributed by atoms with Crippen molar-refractivity contribution in [2.45, 2.75) is 18.9 Å². The molecule has 4 rings (SSSR count). The maximum atomic E-state index is 12.1. The molecule has 0 atom stereocenters. The lowest BCUT2D eigenvalue weighted by molar-refractivity contribution is 0.0955. The summed E-state index contributed by atoms with van der Waals surface area (Å²) in [6.07, 6.45) is 4.10. The monoisotopic (exact) mass is 329 g/mol. The quantitative estimate of drug-likeness (QED) is 0.936. The summed E-state index contributed by atoms with van der Waals surface area (Å²) in [7, 11) is 0. The maximum Gasteiger partial charge on any atom is 0.261 e. The Morgan fingerprint density at radius 1 is 1.22 bits per heavy atom. The van der Waals surface area contributed by atoms with E-state index in [9.17, 15) is 4.79 Å². The van der Waals surface area contributed by atoms with Crippen molar-refractivity contribution in [1.29, 1.82) is 0 Å². The lowest BCUT2D eigenvalue weighted by Crippen LogP contribution is -2.36. The first-order valence-corrected chi connectivity index (χ1v) is 8.81. The number of carbonyl (C=O) groups is 1. The Labute approximate surface area is 139 Å². The number of nitrogens with zero attached hydrogens (tertiary/aromatic N) is 2. The summed E-state index contributed by atoms with van der Waals surface area (Å²) < 4.78 is 5.37. The van der Waals surface area contributed by atoms with Gasteiger partial charge in [0.25, 0.3) is 5.91 Å². The molecular weight excluding hydrogens is 310 g/mol. The van der Waals surface area contributed by atoms with Crippen molar-refractivity contribution in [3.8, 4) is 10.4 Å². The van der Waals surface area contributed by atoms with Crippen molar-refractivity contribution in [3.63, 3.8) is 0 Å². The van der Waals surface area contributed by atoms with Crippen LogP contribution in [0.4, 0.5) is 5.82 Å². The van der Waals surface area contributed by atoms with Gasteiger partial charge in [-0.1, -0.05) is 0 Å². The number of morpholine rings is 1. The van der Waals surface area contributed by atoms with Gasteiger partial charge in [-0.3, -0.25) is 4.79 Å². The van der Waals surface area contributed by atoms with E-state index >= 15 is 0 Å². The fraction of sp³-hybridized carbons (Fsp3) is 0.412. The van der Waals surface area contributed by atoms with Gasteiger partial charge >= 0.3 is 0 Å². The van der Waals surface area contributed by atoms with Crippen molar-refractivity contribution in [2.24, 2.45) is 0 Å². The highest BCUT2D eigenvalue weighted by Gasteiger charge is 2.24. The van der Waals surface area contributed by atoms with E-state index < -0.39 is 0 Å². The second kappa shape index (κ2) is 6.29. The molecule has 2 aliphatic rings. The largest absolute Gasteiger partial charge is 0.378 e. The molecule has 23 heavy (non-hydrogen) atoms. The first-order valence-electron chi connectivity index (χ1n) is 7.99. The second-order valence-electron chi connectivity index (χ2n) is 5.92. The van der Waals surface area contributed by atoms with Crippen LogP contribution < -0.4 is 10.2 Å². The van der Waals surface area contributed by atoms with Crippen molar-refractivity contribution in [3.05, 3.63) is 35.3 Å². The summed E-state index contributed by atoms with van der Waals surface area (Å²) in [5.74, 6) is 1.03. The number of aromatic nitrogens is 1. The SMILES string of the molecule is O=C(NC1CC1)c1ccc(-c2ccc(N3CCOCC3)nc2)s1. The van der Waals surface area contributed by atoms with E-state index in [4.69, 9.17) is 4.74 Å². The Balaban J connectivity index is 1.47. The highest BCUT2D eigenvalue weighted by atomic mass is 32.1. The molecule has 0 radical (unpaired) electrons. The van der Waals surface area contributed by atoms with Gasteiger partial charge in [-0.15, -0.1) is 11.3 Å². The lowest BCUT2D eigenvalue weighted by atomic mass is 10.2. The topological polar surface area (TPSA) is 54.5 Å². The fourth-order valence-corrected chi connectivity index (χ4v) is 3.51. The van der Waals surface area contributed by atoms with E-state index in [0.29, 0.717) is 6.04 Å². The fourth-order valence-electron chi connectivity index (χ4n) is 2.61. The molecule has 1 N–H and O–H groups in total. The minimum atomic E-state index is 0.0432. The summed E-state index contributed by atoms with van der Waals surface area (Å²) >= 11 is 1.52. The highest BCUT2D eigenvalue weighted by Crippen LogP contribution is 2.29. The number of ether oxygens (including phenoxy) is 1. The van der Waals surface area contributed by atoms with Crippen molar-refractivity contribution in [2.75, 3.05) is 31.2 Å². The number of pyridine rings is 1. The summed E-state index contributed by atoms with van der Waals surface area (Å²) in [5, 5.41) is 3.02. The molecule has 1 saturated carbocycles. The van der Waals surface area contributed by atoms with Gasteiger partial charge in [0.05, 0.1) is 18.1 Å². The molecule has 2 aromatic heterocycles. The molecule has 0 bridgehead atoms. The van der Waals surface area contributed by atoms with Gasteiger partial charge in [0.2, 0.25) is 0 Å². The lowest BCUT2D eigenvalue weighted by Gasteiger charge is -2.27. The zero-order chi connectivity index (χ0) is 15.6. The van der Waals surface area contributed by atoms with E-state index in [-0.39, 0.29) is 5.91 Å². The summed E-state index contributed by atoms with van der Waals surface area (Å²) in [4.78, 5) is 20.7. The Kier molecular flexibility index (Phi) is 4.01. The molecule has 0 aromatic carbocycles. The van der Waals surface area contributed by atoms with Gasteiger partial charge in [-0.05, 0) is 37.1 Å². The van der Waals surface area contributed by atoms with E-state index in [1.165, 1.54) is 11.3 Å². The summed E-state index contributed by atoms with van der Waals surface area (Å²) in [5.41, 5.74) is 1.05. The minimum Gasteiger partial charge on any atom is -0.378 e. The normalized spacial score (nSPS) is 18.0. The summed E-state index contributed by atoms with van der Waals surface area (Å²) in [6.45, 7) is 3.29. The Bertz CT molecular complexity index is 688. The average molecular weight is 329 g/mol. The van der Waals surface area contributed by atoms with Crippen LogP contribution in [-0.4, -0.2) is 43.2 Å². The summed E-state index contributed by atoms with van der Waals surface area (Å²) in [6, 6.07) is 8.41. The number of nitrogens with one attached hydrogen (secondary N) is 1. The van der Waals surface area contributed by atoms with Crippen molar-refractivity contribution < 1.29 is 9.53 Å². The van der Waals surface area contributed by atoms with Gasteiger partial charge < -0.3 is 15.0 Å². The molecule has 2 aromatic rings. The zero-order valence-electron chi connectivity index (χ0n) is 12.8. The predicted octanol–water partition coefficient (Wildman–Crippen LogP) is 2.54. The van der Waals surface area contributed by atoms with Crippen LogP contribution in [0, 0.1) is 0 Å². The number of hydrogen-bond acceptors (Lipinski definition) is 5. The molecule has 2 fully saturated rings. The van der Waals surface area contributed by atoms with Crippen LogP contribution in [0.25, 0.3) is 10.4 Å². The van der Waals surface area contributed by atoms with Crippen molar-refractivity contribution >= 4 is 23.1 Å². The van der Waals surface area contributed by atoms with Crippen LogP contribution in [0.2, 0.25) is 0 Å². The predicted molar refractivity (Wildman–Crippen MR) is 91.1 cm³/mol. The number of hydrogen-bond donors (Lipinski definition) is 1. The molecule has 120 valence electrons. The first-order chi connectivity index (χ1) is 11.3. The first kappa shape index (κ1) is 14.7. The third kappa shape index (κ3) is 3.38. The van der Waals surface area contributed by atoms with Crippen LogP contribution in [0.1, 0.15) is 22.5 Å². The zero-order valence-corrected chi connectivity index (χ0v) is 13.6. The highest BCUT2D eigenvalue weighted by molar-refractivity contribution is 7.17. The molecule has 1 saturated heterocycles. The Morgan fingerprint density at radius 2 is 2.04 bits per heavy atom. The van der Waals surface area contributed by atoms with Gasteiger partial charge in [0, 0.05) is 35.8 Å². The maximum absolute atomic E-state index is 12.1. The number of carbonyl (C=O) groups excluding carboxylic acids is 1. The van der Waals surface area contributed by atoms with Crippen molar-refractivity contribution in [1.82, 2.24) is 10.3 Å². The molecule has 0 unspecified atom stereocenters. The van der Waals surface area contributed by atoms with E-state index in [1.54, 1.807) is 0 Å². The Hall–Kier alpha value is -1.92. The van der Waals surface area contributed by atoms with Crippen LogP contribution in [-0.2, 0) is 4.74 Å². The average Bonchev–Trinajstić information content (AvgIpc) is 3.27. The minimum absolute atomic E-state index is 0.0432. The van der Waals surface area contributed by atoms with Gasteiger partial charge in [-0.2, -0.15) is 0 Å². The van der Waals surface area contributed by atoms with E-state index in [2.05, 4.69) is 21.3 Å². The third-order valence-corrected chi connectivity index (χ3v) is 5.24. The van der Waals surface area contributed by atoms with E-state index in [0.717, 1.165) is 60.3 Å². The van der Waals surface area contributed by atoms with Crippen LogP contribution >= 0.6 is 11.3 Å². The van der Waals surface area contributed by atoms with E-state index in [1.807, 2.05) is 24.4 Å². The van der Waals surface area contributed by atoms with Gasteiger partial charge in [-0.25, -0.2) is 4.98 Å². The third-order valence-electron chi connectivity index (χ3n) is 4.11. The van der Waals surface area contributed by atoms with Crippen LogP contribution in [0.5, 0.6) is 0 Å². The molecule has 1 aliphatic carbocycles. The molecular formula is C17H19N3O2S. The number of amides is 1. The number of thiophene rings is 1. The smallest absolute Gasteiger partial charge is 0.261 e. The number of rotatable bonds is 4. The van der Waals surface area contributed by atoms with Crippen LogP contribution in [0.3, 0.4) is 0 Å². The molecule has 5 nitrogen and oxygen atoms in total. The molecule has 6 heteroatoms. The second-order valence-corrected chi connectivity index (χ2v) is 7.00. The van der Waals surface area contributed by atoms with Crippen LogP contribution in [0.15, 0.2) is 30.5 Å². The molecule has 3 heterocycles.